The van der Waals surface area contributed by atoms with Gasteiger partial charge in [-0.05, 0) is 32.9 Å². The quantitative estimate of drug-likeness (QED) is 0.611. The maximum atomic E-state index is 12.0. The monoisotopic (exact) mass is 393 g/mol. The van der Waals surface area contributed by atoms with E-state index in [-0.39, 0.29) is 22.8 Å². The Bertz CT molecular complexity index is 696. The van der Waals surface area contributed by atoms with Gasteiger partial charge in [-0.3, -0.25) is 9.11 Å². The molecule has 0 aliphatic carbocycles. The summed E-state index contributed by atoms with van der Waals surface area (Å²) < 4.78 is 30.1. The summed E-state index contributed by atoms with van der Waals surface area (Å²) in [5, 5.41) is 11.9. The van der Waals surface area contributed by atoms with Crippen LogP contribution in [0.1, 0.15) is 49.2 Å². The lowest BCUT2D eigenvalue weighted by atomic mass is 9.99. The summed E-state index contributed by atoms with van der Waals surface area (Å²) in [6.07, 6.45) is -0.244. The van der Waals surface area contributed by atoms with Crippen LogP contribution in [0, 0.1) is 0 Å². The number of benzene rings is 1. The molecule has 0 aromatic heterocycles. The van der Waals surface area contributed by atoms with Gasteiger partial charge in [0.25, 0.3) is 0 Å². The number of carbonyl (C=O) groups is 2. The molecule has 2 rings (SSSR count). The Balaban J connectivity index is 2.40. The zero-order chi connectivity index (χ0) is 19.0. The average molecular weight is 394 g/mol. The number of ether oxygens (including phenoxy) is 2. The lowest BCUT2D eigenvalue weighted by molar-refractivity contribution is 0.0489. The molecule has 1 heterocycles. The number of amides is 1. The molecule has 0 spiro atoms. The van der Waals surface area contributed by atoms with Gasteiger partial charge in [0, 0.05) is 22.7 Å². The molecule has 1 amide bonds. The molecule has 0 radical (unpaired) electrons. The van der Waals surface area contributed by atoms with Crippen LogP contribution < -0.4 is 10.1 Å². The van der Waals surface area contributed by atoms with Crippen molar-refractivity contribution in [1.29, 1.82) is 0 Å². The van der Waals surface area contributed by atoms with E-state index in [1.165, 1.54) is 12.1 Å². The average Bonchev–Trinajstić information content (AvgIpc) is 2.43. The van der Waals surface area contributed by atoms with E-state index in [1.807, 2.05) is 0 Å². The Hall–Kier alpha value is -1.68. The van der Waals surface area contributed by atoms with Crippen LogP contribution in [-0.4, -0.2) is 38.5 Å². The zero-order valence-electron chi connectivity index (χ0n) is 13.9. The van der Waals surface area contributed by atoms with E-state index < -0.39 is 33.5 Å². The highest BCUT2D eigenvalue weighted by Gasteiger charge is 2.31. The molecule has 0 saturated heterocycles. The number of carboxylic acid groups (broad SMARTS) is 1. The molecule has 4 N–H and O–H groups in total. The molecule has 140 valence electrons. The molecule has 1 aliphatic heterocycles. The lowest BCUT2D eigenvalue weighted by Crippen LogP contribution is -2.37. The molecule has 0 unspecified atom stereocenters. The Morgan fingerprint density at radius 2 is 2.00 bits per heavy atom. The normalized spacial score (nSPS) is 17.9. The summed E-state index contributed by atoms with van der Waals surface area (Å²) >= 11 is 0. The van der Waals surface area contributed by atoms with Crippen LogP contribution in [0.2, 0.25) is 0 Å². The smallest absolute Gasteiger partial charge is 0.408 e. The van der Waals surface area contributed by atoms with Crippen LogP contribution in [0.4, 0.5) is 4.79 Å². The third kappa shape index (κ3) is 4.91. The van der Waals surface area contributed by atoms with Crippen molar-refractivity contribution in [3.05, 3.63) is 23.3 Å². The first-order chi connectivity index (χ1) is 11.4. The highest BCUT2D eigenvalue weighted by atomic mass is 35.7. The molecule has 10 heteroatoms. The summed E-state index contributed by atoms with van der Waals surface area (Å²) in [5.41, 5.74) is -0.647. The van der Waals surface area contributed by atoms with Gasteiger partial charge in [0.2, 0.25) is 0 Å². The number of carbonyl (C=O) groups excluding carboxylic acids is 1. The maximum Gasteiger partial charge on any atom is 0.408 e. The summed E-state index contributed by atoms with van der Waals surface area (Å²) in [6, 6.07) is 1.87. The summed E-state index contributed by atoms with van der Waals surface area (Å²) in [4.78, 5) is 23.0. The van der Waals surface area contributed by atoms with Crippen LogP contribution in [0.15, 0.2) is 17.0 Å². The fourth-order valence-electron chi connectivity index (χ4n) is 2.40. The number of hydrogen-bond donors (Lipinski definition) is 4. The van der Waals surface area contributed by atoms with E-state index in [0.717, 1.165) is 0 Å². The van der Waals surface area contributed by atoms with E-state index in [0.29, 0.717) is 12.0 Å². The largest absolute Gasteiger partial charge is 0.493 e. The second-order valence-electron chi connectivity index (χ2n) is 6.51. The molecule has 0 bridgehead atoms. The Labute approximate surface area is 150 Å². The van der Waals surface area contributed by atoms with Crippen molar-refractivity contribution in [2.75, 3.05) is 6.61 Å². The predicted octanol–water partition coefficient (Wildman–Crippen LogP) is 4.00. The van der Waals surface area contributed by atoms with E-state index in [9.17, 15) is 23.8 Å². The molecule has 0 fully saturated rings. The molecule has 1 atom stereocenters. The third-order valence-corrected chi connectivity index (χ3v) is 4.75. The van der Waals surface area contributed by atoms with Gasteiger partial charge in [-0.15, -0.1) is 0 Å². The van der Waals surface area contributed by atoms with Crippen molar-refractivity contribution in [2.45, 2.75) is 43.7 Å². The number of fused-ring (bicyclic) bond motifs is 1. The van der Waals surface area contributed by atoms with Crippen molar-refractivity contribution in [3.63, 3.8) is 0 Å². The topological polar surface area (TPSA) is 125 Å². The first kappa shape index (κ1) is 19.6. The maximum absolute atomic E-state index is 12.0. The summed E-state index contributed by atoms with van der Waals surface area (Å²) in [5.74, 6) is -1.14. The standard InChI is InChI=1S/C15H20ClNO7S/c1-15(2,3)24-14(20)17-10-4-5-23-11-6-9(13(18)19)12(7-8(10)11)25(16,21)22/h6-7,10,21-22H,4-5H2,1-3H3,(H,17,20)(H,18,19)/t10-/m0/s1. The highest BCUT2D eigenvalue weighted by molar-refractivity contribution is 8.43. The Morgan fingerprint density at radius 1 is 1.36 bits per heavy atom. The van der Waals surface area contributed by atoms with Gasteiger partial charge in [-0.2, -0.15) is 0 Å². The van der Waals surface area contributed by atoms with Gasteiger partial charge in [0.05, 0.1) is 23.1 Å². The minimum Gasteiger partial charge on any atom is -0.493 e. The van der Waals surface area contributed by atoms with Gasteiger partial charge in [-0.25, -0.2) is 9.59 Å². The first-order valence-electron chi connectivity index (χ1n) is 7.40. The van der Waals surface area contributed by atoms with Gasteiger partial charge >= 0.3 is 12.1 Å². The van der Waals surface area contributed by atoms with E-state index in [4.69, 9.17) is 20.2 Å². The van der Waals surface area contributed by atoms with Gasteiger partial charge in [0.1, 0.15) is 11.4 Å². The molecule has 0 saturated carbocycles. The molecule has 8 nitrogen and oxygen atoms in total. The van der Waals surface area contributed by atoms with Crippen LogP contribution in [0.3, 0.4) is 0 Å². The minimum absolute atomic E-state index is 0.230. The van der Waals surface area contributed by atoms with Crippen molar-refractivity contribution in [2.24, 2.45) is 0 Å². The molecule has 1 aliphatic rings. The van der Waals surface area contributed by atoms with Gasteiger partial charge < -0.3 is 19.9 Å². The van der Waals surface area contributed by atoms with E-state index in [2.05, 4.69) is 5.32 Å². The van der Waals surface area contributed by atoms with Crippen molar-refractivity contribution in [3.8, 4) is 5.75 Å². The van der Waals surface area contributed by atoms with Crippen molar-refractivity contribution < 1.29 is 33.3 Å². The number of halogens is 1. The Morgan fingerprint density at radius 3 is 2.52 bits per heavy atom. The zero-order valence-corrected chi connectivity index (χ0v) is 15.5. The van der Waals surface area contributed by atoms with Crippen molar-refractivity contribution >= 4 is 32.5 Å². The van der Waals surface area contributed by atoms with Crippen LogP contribution in [0.5, 0.6) is 5.75 Å². The number of aromatic carboxylic acids is 1. The lowest BCUT2D eigenvalue weighted by Gasteiger charge is -2.31. The summed E-state index contributed by atoms with van der Waals surface area (Å²) in [6.45, 7) is 5.43. The van der Waals surface area contributed by atoms with Crippen LogP contribution in [0.25, 0.3) is 0 Å². The second-order valence-corrected chi connectivity index (χ2v) is 9.20. The number of rotatable bonds is 3. The second kappa shape index (κ2) is 6.91. The Kier molecular flexibility index (Phi) is 5.43. The SMILES string of the molecule is CC(C)(C)OC(=O)N[C@H]1CCOc2cc(C(=O)O)c(S(O)(O)Cl)cc21. The van der Waals surface area contributed by atoms with E-state index in [1.54, 1.807) is 20.8 Å². The van der Waals surface area contributed by atoms with Crippen molar-refractivity contribution in [1.82, 2.24) is 5.32 Å². The van der Waals surface area contributed by atoms with E-state index >= 15 is 0 Å². The van der Waals surface area contributed by atoms with Crippen LogP contribution >= 0.6 is 20.5 Å². The first-order valence-corrected chi connectivity index (χ1v) is 9.77. The molecular formula is C15H20ClNO7S. The summed E-state index contributed by atoms with van der Waals surface area (Å²) in [7, 11) is 1.77. The third-order valence-electron chi connectivity index (χ3n) is 3.35. The molecule has 25 heavy (non-hydrogen) atoms. The number of hydrogen-bond acceptors (Lipinski definition) is 6. The van der Waals surface area contributed by atoms with Gasteiger partial charge in [0.15, 0.2) is 0 Å². The van der Waals surface area contributed by atoms with Crippen LogP contribution in [-0.2, 0) is 4.74 Å². The fraction of sp³-hybridized carbons (Fsp3) is 0.467. The minimum atomic E-state index is -3.80. The number of nitrogens with one attached hydrogen (secondary N) is 1. The fourth-order valence-corrected chi connectivity index (χ4v) is 3.48. The molecule has 1 aromatic rings. The predicted molar refractivity (Wildman–Crippen MR) is 92.6 cm³/mol. The number of alkyl carbamates (subject to hydrolysis) is 1. The molecular weight excluding hydrogens is 374 g/mol. The molecule has 1 aromatic carbocycles. The number of carboxylic acids is 1. The highest BCUT2D eigenvalue weighted by Crippen LogP contribution is 2.56. The van der Waals surface area contributed by atoms with Gasteiger partial charge in [-0.1, -0.05) is 9.80 Å².